The summed E-state index contributed by atoms with van der Waals surface area (Å²) in [5.41, 5.74) is 0.901. The summed E-state index contributed by atoms with van der Waals surface area (Å²) in [6.45, 7) is 3.86. The van der Waals surface area contributed by atoms with Gasteiger partial charge in [0.05, 0.1) is 13.2 Å². The molecule has 0 atom stereocenters. The fraction of sp³-hybridized carbons (Fsp3) is 0.474. The monoisotopic (exact) mass is 362 g/mol. The van der Waals surface area contributed by atoms with E-state index in [2.05, 4.69) is 0 Å². The minimum Gasteiger partial charge on any atom is -0.378 e. The number of carbonyl (C=O) groups excluding carboxylic acids is 2. The van der Waals surface area contributed by atoms with Crippen molar-refractivity contribution in [3.05, 3.63) is 40.9 Å². The molecular weight excluding hydrogens is 340 g/mol. The van der Waals surface area contributed by atoms with Gasteiger partial charge in [0.25, 0.3) is 0 Å². The van der Waals surface area contributed by atoms with Crippen molar-refractivity contribution < 1.29 is 14.3 Å². The molecule has 1 aromatic carbocycles. The van der Waals surface area contributed by atoms with E-state index in [-0.39, 0.29) is 17.7 Å². The van der Waals surface area contributed by atoms with Crippen LogP contribution < -0.4 is 0 Å². The number of morpholine rings is 1. The molecule has 25 heavy (non-hydrogen) atoms. The lowest BCUT2D eigenvalue weighted by Gasteiger charge is -2.35. The summed E-state index contributed by atoms with van der Waals surface area (Å²) in [7, 11) is 0. The Hall–Kier alpha value is -1.85. The van der Waals surface area contributed by atoms with Crippen molar-refractivity contribution in [3.8, 4) is 0 Å². The number of nitrogens with zero attached hydrogens (tertiary/aromatic N) is 2. The molecule has 2 amide bonds. The summed E-state index contributed by atoms with van der Waals surface area (Å²) < 4.78 is 5.29. The van der Waals surface area contributed by atoms with Crippen molar-refractivity contribution in [3.63, 3.8) is 0 Å². The van der Waals surface area contributed by atoms with Gasteiger partial charge in [-0.25, -0.2) is 0 Å². The summed E-state index contributed by atoms with van der Waals surface area (Å²) >= 11 is 5.95. The Morgan fingerprint density at radius 3 is 2.48 bits per heavy atom. The van der Waals surface area contributed by atoms with Crippen LogP contribution in [0.25, 0.3) is 6.08 Å². The van der Waals surface area contributed by atoms with Crippen LogP contribution in [0.15, 0.2) is 30.3 Å². The number of piperidine rings is 1. The molecule has 0 N–H and O–H groups in total. The van der Waals surface area contributed by atoms with Gasteiger partial charge in [0.15, 0.2) is 0 Å². The second-order valence-corrected chi connectivity index (χ2v) is 6.86. The maximum Gasteiger partial charge on any atom is 0.246 e. The molecule has 134 valence electrons. The van der Waals surface area contributed by atoms with Gasteiger partial charge in [-0.3, -0.25) is 9.59 Å². The van der Waals surface area contributed by atoms with E-state index in [4.69, 9.17) is 16.3 Å². The smallest absolute Gasteiger partial charge is 0.246 e. The lowest BCUT2D eigenvalue weighted by molar-refractivity contribution is -0.142. The lowest BCUT2D eigenvalue weighted by atomic mass is 9.95. The minimum absolute atomic E-state index is 0.0164. The van der Waals surface area contributed by atoms with Crippen LogP contribution in [0, 0.1) is 5.92 Å². The molecule has 6 heteroatoms. The quantitative estimate of drug-likeness (QED) is 0.776. The van der Waals surface area contributed by atoms with Gasteiger partial charge in [-0.1, -0.05) is 23.7 Å². The van der Waals surface area contributed by atoms with E-state index in [1.54, 1.807) is 18.2 Å². The lowest BCUT2D eigenvalue weighted by Crippen LogP contribution is -2.47. The third-order valence-corrected chi connectivity index (χ3v) is 4.98. The molecule has 3 rings (SSSR count). The number of halogens is 1. The topological polar surface area (TPSA) is 49.9 Å². The summed E-state index contributed by atoms with van der Waals surface area (Å²) in [5.74, 6) is 0.223. The van der Waals surface area contributed by atoms with E-state index in [9.17, 15) is 9.59 Å². The number of hydrogen-bond donors (Lipinski definition) is 0. The highest BCUT2D eigenvalue weighted by molar-refractivity contribution is 6.30. The standard InChI is InChI=1S/C19H23ClN2O3/c20-17-3-1-2-15(14-17)4-5-18(23)21-8-6-16(7-9-21)19(24)22-10-12-25-13-11-22/h1-5,14,16H,6-13H2/b5-4+. The van der Waals surface area contributed by atoms with E-state index < -0.39 is 0 Å². The van der Waals surface area contributed by atoms with E-state index in [1.165, 1.54) is 0 Å². The highest BCUT2D eigenvalue weighted by Crippen LogP contribution is 2.21. The molecule has 0 spiro atoms. The molecular formula is C19H23ClN2O3. The fourth-order valence-corrected chi connectivity index (χ4v) is 3.47. The first-order valence-corrected chi connectivity index (χ1v) is 9.10. The Labute approximate surface area is 153 Å². The third-order valence-electron chi connectivity index (χ3n) is 4.75. The second-order valence-electron chi connectivity index (χ2n) is 6.43. The molecule has 2 aliphatic heterocycles. The molecule has 0 radical (unpaired) electrons. The zero-order chi connectivity index (χ0) is 17.6. The normalized spacial score (nSPS) is 19.4. The van der Waals surface area contributed by atoms with Gasteiger partial charge in [-0.2, -0.15) is 0 Å². The third kappa shape index (κ3) is 4.83. The molecule has 0 unspecified atom stereocenters. The maximum absolute atomic E-state index is 12.5. The molecule has 0 bridgehead atoms. The van der Waals surface area contributed by atoms with E-state index >= 15 is 0 Å². The SMILES string of the molecule is O=C(/C=C/c1cccc(Cl)c1)N1CCC(C(=O)N2CCOCC2)CC1. The van der Waals surface area contributed by atoms with E-state index in [0.29, 0.717) is 44.4 Å². The average Bonchev–Trinajstić information content (AvgIpc) is 2.66. The van der Waals surface area contributed by atoms with Crippen LogP contribution in [0.1, 0.15) is 18.4 Å². The number of benzene rings is 1. The van der Waals surface area contributed by atoms with Crippen LogP contribution in [0.4, 0.5) is 0 Å². The summed E-state index contributed by atoms with van der Waals surface area (Å²) in [6.07, 6.45) is 4.81. The predicted molar refractivity (Wildman–Crippen MR) is 97.2 cm³/mol. The van der Waals surface area contributed by atoms with Crippen LogP contribution in [-0.2, 0) is 14.3 Å². The zero-order valence-electron chi connectivity index (χ0n) is 14.2. The molecule has 0 aromatic heterocycles. The van der Waals surface area contributed by atoms with Gasteiger partial charge in [-0.15, -0.1) is 0 Å². The van der Waals surface area contributed by atoms with Crippen LogP contribution in [0.2, 0.25) is 5.02 Å². The number of likely N-dealkylation sites (tertiary alicyclic amines) is 1. The summed E-state index contributed by atoms with van der Waals surface area (Å²) in [6, 6.07) is 7.38. The van der Waals surface area contributed by atoms with Gasteiger partial charge in [0, 0.05) is 43.2 Å². The second kappa shape index (κ2) is 8.50. The number of hydrogen-bond acceptors (Lipinski definition) is 3. The minimum atomic E-state index is -0.0164. The van der Waals surface area contributed by atoms with E-state index in [1.807, 2.05) is 28.0 Å². The van der Waals surface area contributed by atoms with Crippen molar-refractivity contribution in [1.82, 2.24) is 9.80 Å². The van der Waals surface area contributed by atoms with Crippen molar-refractivity contribution >= 4 is 29.5 Å². The van der Waals surface area contributed by atoms with Crippen LogP contribution >= 0.6 is 11.6 Å². The van der Waals surface area contributed by atoms with Gasteiger partial charge >= 0.3 is 0 Å². The predicted octanol–water partition coefficient (Wildman–Crippen LogP) is 2.45. The van der Waals surface area contributed by atoms with Crippen molar-refractivity contribution in [2.24, 2.45) is 5.92 Å². The number of rotatable bonds is 3. The first-order valence-electron chi connectivity index (χ1n) is 8.72. The van der Waals surface area contributed by atoms with Gasteiger partial charge in [0.1, 0.15) is 0 Å². The van der Waals surface area contributed by atoms with Gasteiger partial charge in [0.2, 0.25) is 11.8 Å². The highest BCUT2D eigenvalue weighted by atomic mass is 35.5. The number of amides is 2. The molecule has 1 aromatic rings. The number of ether oxygens (including phenoxy) is 1. The van der Waals surface area contributed by atoms with Crippen molar-refractivity contribution in [1.29, 1.82) is 0 Å². The van der Waals surface area contributed by atoms with Gasteiger partial charge in [-0.05, 0) is 36.6 Å². The molecule has 2 aliphatic rings. The molecule has 2 saturated heterocycles. The Morgan fingerprint density at radius 1 is 1.08 bits per heavy atom. The van der Waals surface area contributed by atoms with Crippen LogP contribution in [0.3, 0.4) is 0 Å². The molecule has 2 fully saturated rings. The summed E-state index contributed by atoms with van der Waals surface area (Å²) in [5, 5.41) is 0.650. The molecule has 0 saturated carbocycles. The summed E-state index contributed by atoms with van der Waals surface area (Å²) in [4.78, 5) is 28.5. The molecule has 5 nitrogen and oxygen atoms in total. The molecule has 0 aliphatic carbocycles. The first kappa shape index (κ1) is 18.0. The Bertz CT molecular complexity index is 648. The first-order chi connectivity index (χ1) is 12.1. The largest absolute Gasteiger partial charge is 0.378 e. The Morgan fingerprint density at radius 2 is 1.80 bits per heavy atom. The Kier molecular flexibility index (Phi) is 6.10. The molecule has 2 heterocycles. The van der Waals surface area contributed by atoms with Crippen LogP contribution in [-0.4, -0.2) is 61.0 Å². The fourth-order valence-electron chi connectivity index (χ4n) is 3.27. The van der Waals surface area contributed by atoms with Gasteiger partial charge < -0.3 is 14.5 Å². The zero-order valence-corrected chi connectivity index (χ0v) is 15.0. The van der Waals surface area contributed by atoms with E-state index in [0.717, 1.165) is 18.4 Å². The average molecular weight is 363 g/mol. The van der Waals surface area contributed by atoms with Crippen LogP contribution in [0.5, 0.6) is 0 Å². The van der Waals surface area contributed by atoms with Crippen molar-refractivity contribution in [2.45, 2.75) is 12.8 Å². The maximum atomic E-state index is 12.5. The Balaban J connectivity index is 1.49. The highest BCUT2D eigenvalue weighted by Gasteiger charge is 2.30. The number of carbonyl (C=O) groups is 2. The van der Waals surface area contributed by atoms with Crippen molar-refractivity contribution in [2.75, 3.05) is 39.4 Å².